The molecule has 0 aliphatic heterocycles. The zero-order valence-electron chi connectivity index (χ0n) is 15.5. The van der Waals surface area contributed by atoms with Crippen LogP contribution in [-0.2, 0) is 22.7 Å². The zero-order chi connectivity index (χ0) is 17.1. The topological polar surface area (TPSA) is 85.1 Å². The Kier molecular flexibility index (Phi) is 19.7. The first kappa shape index (κ1) is 29.6. The number of pyridine rings is 2. The summed E-state index contributed by atoms with van der Waals surface area (Å²) in [6, 6.07) is 9.07. The van der Waals surface area contributed by atoms with Crippen molar-refractivity contribution < 1.29 is 38.2 Å². The molecule has 0 atom stereocenters. The minimum atomic E-state index is -0.0204. The molecule has 2 aromatic rings. The van der Waals surface area contributed by atoms with Gasteiger partial charge >= 0.3 is 23.1 Å². The Hall–Kier alpha value is -1.12. The van der Waals surface area contributed by atoms with Crippen LogP contribution >= 0.6 is 0 Å². The number of carbonyl (C=O) groups excluding carboxylic acids is 1. The maximum absolute atomic E-state index is 10.9. The van der Waals surface area contributed by atoms with Gasteiger partial charge < -0.3 is 40.9 Å². The number of ketones is 1. The van der Waals surface area contributed by atoms with Crippen molar-refractivity contribution in [2.24, 2.45) is 0 Å². The van der Waals surface area contributed by atoms with E-state index in [1.165, 1.54) is 6.92 Å². The molecule has 0 aromatic carbocycles. The van der Waals surface area contributed by atoms with Gasteiger partial charge in [-0.3, -0.25) is 9.78 Å². The summed E-state index contributed by atoms with van der Waals surface area (Å²) in [6.07, 6.45) is 3.22. The fourth-order valence-electron chi connectivity index (χ4n) is 1.72. The fraction of sp³-hybridized carbons (Fsp3) is 0.278. The average molecular weight is 480 g/mol. The summed E-state index contributed by atoms with van der Waals surface area (Å²) in [4.78, 5) is 18.6. The number of nitrogens with zero attached hydrogens (tertiary/aromatic N) is 3. The standard InChI is InChI=1S/C9H11NO2.C8H8N2O.CH3.HI.Mg/c1-7(11)9-5-8(6-12-2)3-4-10-9;1-11-6-7-2-3-10-8(4-7)5-9;;;/h3-5H,6H2,1-2H3;2-4H,6H2,1H3;1H3;1H;/q;;-1;;+2/p-1. The molecular weight excluding hydrogens is 457 g/mol. The van der Waals surface area contributed by atoms with Crippen molar-refractivity contribution in [3.05, 3.63) is 66.6 Å². The second-order valence-corrected chi connectivity index (χ2v) is 4.63. The number of Topliss-reactive ketones (excluding diaryl/α,β-unsaturated/α-hetero) is 1. The first-order valence-corrected chi connectivity index (χ1v) is 6.89. The van der Waals surface area contributed by atoms with Crippen molar-refractivity contribution >= 4 is 28.8 Å². The van der Waals surface area contributed by atoms with E-state index in [0.717, 1.165) is 11.1 Å². The molecule has 0 fully saturated rings. The number of rotatable bonds is 5. The number of halogens is 1. The van der Waals surface area contributed by atoms with Gasteiger partial charge in [0, 0.05) is 33.5 Å². The van der Waals surface area contributed by atoms with Crippen LogP contribution in [0.15, 0.2) is 36.7 Å². The van der Waals surface area contributed by atoms with E-state index in [4.69, 9.17) is 14.7 Å². The van der Waals surface area contributed by atoms with Gasteiger partial charge in [0.05, 0.1) is 13.2 Å². The third-order valence-corrected chi connectivity index (χ3v) is 2.75. The predicted octanol–water partition coefficient (Wildman–Crippen LogP) is -0.396. The normalized spacial score (nSPS) is 8.38. The molecular formula is C18H22IMgN3O3. The van der Waals surface area contributed by atoms with E-state index in [0.29, 0.717) is 24.6 Å². The summed E-state index contributed by atoms with van der Waals surface area (Å²) in [5.41, 5.74) is 2.86. The smallest absolute Gasteiger partial charge is 1.00 e. The molecule has 136 valence electrons. The Bertz CT molecular complexity index is 693. The van der Waals surface area contributed by atoms with E-state index in [1.54, 1.807) is 38.7 Å². The molecule has 2 rings (SSSR count). The predicted molar refractivity (Wildman–Crippen MR) is 96.8 cm³/mol. The summed E-state index contributed by atoms with van der Waals surface area (Å²) in [5.74, 6) is -0.0204. The van der Waals surface area contributed by atoms with Crippen LogP contribution in [0.4, 0.5) is 0 Å². The van der Waals surface area contributed by atoms with Gasteiger partial charge in [-0.1, -0.05) is 0 Å². The van der Waals surface area contributed by atoms with Crippen molar-refractivity contribution in [3.8, 4) is 6.07 Å². The van der Waals surface area contributed by atoms with Crippen molar-refractivity contribution in [1.29, 1.82) is 5.26 Å². The number of hydrogen-bond donors (Lipinski definition) is 0. The molecule has 0 aliphatic rings. The molecule has 2 heterocycles. The monoisotopic (exact) mass is 479 g/mol. The minimum Gasteiger partial charge on any atom is -1.00 e. The van der Waals surface area contributed by atoms with Gasteiger partial charge in [0.25, 0.3) is 0 Å². The quantitative estimate of drug-likeness (QED) is 0.251. The summed E-state index contributed by atoms with van der Waals surface area (Å²) in [7, 11) is 3.24. The molecule has 8 heteroatoms. The maximum Gasteiger partial charge on any atom is 2.00 e. The maximum atomic E-state index is 10.9. The van der Waals surface area contributed by atoms with Gasteiger partial charge in [0.15, 0.2) is 5.78 Å². The summed E-state index contributed by atoms with van der Waals surface area (Å²) >= 11 is 0. The molecule has 0 unspecified atom stereocenters. The third kappa shape index (κ3) is 11.5. The molecule has 6 nitrogen and oxygen atoms in total. The van der Waals surface area contributed by atoms with Gasteiger partial charge in [-0.25, -0.2) is 4.98 Å². The Balaban J connectivity index is -0.000000366. The fourth-order valence-corrected chi connectivity index (χ4v) is 1.72. The van der Waals surface area contributed by atoms with E-state index < -0.39 is 0 Å². The van der Waals surface area contributed by atoms with Crippen LogP contribution in [0.5, 0.6) is 0 Å². The van der Waals surface area contributed by atoms with Gasteiger partial charge in [-0.2, -0.15) is 5.26 Å². The van der Waals surface area contributed by atoms with Crippen molar-refractivity contribution in [3.63, 3.8) is 0 Å². The SMILES string of the molecule is COCc1ccnc(C#N)c1.COCc1ccnc(C(C)=O)c1.[CH3-].[I-].[Mg+2]. The molecule has 0 saturated carbocycles. The number of carbonyl (C=O) groups is 1. The van der Waals surface area contributed by atoms with Gasteiger partial charge in [0.2, 0.25) is 0 Å². The molecule has 0 aliphatic carbocycles. The molecule has 26 heavy (non-hydrogen) atoms. The van der Waals surface area contributed by atoms with E-state index in [2.05, 4.69) is 9.97 Å². The Morgan fingerprint density at radius 3 is 2.04 bits per heavy atom. The molecule has 0 N–H and O–H groups in total. The molecule has 0 bridgehead atoms. The van der Waals surface area contributed by atoms with Gasteiger partial charge in [-0.15, -0.1) is 0 Å². The Labute approximate surface area is 188 Å². The number of methoxy groups -OCH3 is 2. The van der Waals surface area contributed by atoms with Crippen molar-refractivity contribution in [1.82, 2.24) is 9.97 Å². The molecule has 0 radical (unpaired) electrons. The van der Waals surface area contributed by atoms with Crippen LogP contribution in [0.25, 0.3) is 0 Å². The number of hydrogen-bond acceptors (Lipinski definition) is 6. The van der Waals surface area contributed by atoms with Crippen LogP contribution in [0, 0.1) is 18.8 Å². The summed E-state index contributed by atoms with van der Waals surface area (Å²) in [6.45, 7) is 2.54. The number of aromatic nitrogens is 2. The van der Waals surface area contributed by atoms with Gasteiger partial charge in [-0.05, 0) is 35.4 Å². The first-order valence-electron chi connectivity index (χ1n) is 6.89. The summed E-state index contributed by atoms with van der Waals surface area (Å²) in [5, 5.41) is 8.48. The third-order valence-electron chi connectivity index (χ3n) is 2.75. The van der Waals surface area contributed by atoms with E-state index >= 15 is 0 Å². The van der Waals surface area contributed by atoms with Crippen LogP contribution in [0.1, 0.15) is 34.2 Å². The zero-order valence-corrected chi connectivity index (χ0v) is 19.1. The molecule has 0 saturated heterocycles. The molecule has 0 amide bonds. The van der Waals surface area contributed by atoms with E-state index in [-0.39, 0.29) is 60.2 Å². The van der Waals surface area contributed by atoms with Crippen molar-refractivity contribution in [2.75, 3.05) is 14.2 Å². The number of ether oxygens (including phenoxy) is 2. The van der Waals surface area contributed by atoms with Crippen LogP contribution in [0.2, 0.25) is 0 Å². The second-order valence-electron chi connectivity index (χ2n) is 4.63. The largest absolute Gasteiger partial charge is 2.00 e. The second kappa shape index (κ2) is 17.3. The van der Waals surface area contributed by atoms with Crippen molar-refractivity contribution in [2.45, 2.75) is 20.1 Å². The number of nitriles is 1. The Morgan fingerprint density at radius 1 is 1.08 bits per heavy atom. The first-order chi connectivity index (χ1) is 11.1. The molecule has 2 aromatic heterocycles. The van der Waals surface area contributed by atoms with E-state index in [9.17, 15) is 4.79 Å². The van der Waals surface area contributed by atoms with Crippen LogP contribution in [-0.4, -0.2) is 53.0 Å². The van der Waals surface area contributed by atoms with Gasteiger partial charge in [0.1, 0.15) is 17.5 Å². The van der Waals surface area contributed by atoms with Crippen LogP contribution in [0.3, 0.4) is 0 Å². The average Bonchev–Trinajstić information content (AvgIpc) is 2.56. The summed E-state index contributed by atoms with van der Waals surface area (Å²) < 4.78 is 9.81. The Morgan fingerprint density at radius 2 is 1.58 bits per heavy atom. The minimum absolute atomic E-state index is 0. The molecule has 0 spiro atoms. The van der Waals surface area contributed by atoms with E-state index in [1.807, 2.05) is 18.2 Å². The van der Waals surface area contributed by atoms with Crippen LogP contribution < -0.4 is 24.0 Å².